The summed E-state index contributed by atoms with van der Waals surface area (Å²) in [6, 6.07) is 17.8. The van der Waals surface area contributed by atoms with E-state index in [1.807, 2.05) is 60.7 Å². The summed E-state index contributed by atoms with van der Waals surface area (Å²) in [4.78, 5) is 22.1. The van der Waals surface area contributed by atoms with Gasteiger partial charge >= 0.3 is 5.97 Å². The number of nitrogens with two attached hydrogens (primary N) is 1. The molecule has 0 unspecified atom stereocenters. The van der Waals surface area contributed by atoms with Gasteiger partial charge in [-0.25, -0.2) is 0 Å². The van der Waals surface area contributed by atoms with E-state index in [0.717, 1.165) is 0 Å². The number of para-hydroxylation sites is 2. The van der Waals surface area contributed by atoms with Gasteiger partial charge in [0.15, 0.2) is 17.3 Å². The molecule has 3 N–H and O–H groups in total. The number of amidine groups is 1. The van der Waals surface area contributed by atoms with Gasteiger partial charge in [-0.3, -0.25) is 4.79 Å². The highest BCUT2D eigenvalue weighted by atomic mass is 16.7. The molecule has 0 aliphatic heterocycles. The van der Waals surface area contributed by atoms with Crippen LogP contribution in [0, 0.1) is 0 Å². The van der Waals surface area contributed by atoms with Crippen LogP contribution in [-0.4, -0.2) is 34.6 Å². The van der Waals surface area contributed by atoms with E-state index >= 15 is 0 Å². The summed E-state index contributed by atoms with van der Waals surface area (Å²) < 4.78 is 0. The summed E-state index contributed by atoms with van der Waals surface area (Å²) in [5, 5.41) is 14.6. The Kier molecular flexibility index (Phi) is 8.12. The number of hydrogen-bond donors (Lipinski definition) is 2. The molecule has 0 amide bonds. The third kappa shape index (κ3) is 7.37. The van der Waals surface area contributed by atoms with Gasteiger partial charge < -0.3 is 20.5 Å². The van der Waals surface area contributed by atoms with Crippen molar-refractivity contribution in [1.82, 2.24) is 5.06 Å². The maximum Gasteiger partial charge on any atom is 0.320 e. The van der Waals surface area contributed by atoms with Crippen molar-refractivity contribution in [1.29, 1.82) is 0 Å². The summed E-state index contributed by atoms with van der Waals surface area (Å²) >= 11 is 0. The zero-order valence-corrected chi connectivity index (χ0v) is 15.3. The molecule has 0 saturated heterocycles. The molecule has 27 heavy (non-hydrogen) atoms. The molecule has 0 saturated carbocycles. The molecule has 2 rings (SSSR count). The predicted molar refractivity (Wildman–Crippen MR) is 103 cm³/mol. The quantitative estimate of drug-likeness (QED) is 0.288. The molecule has 0 fully saturated rings. The van der Waals surface area contributed by atoms with Gasteiger partial charge in [-0.05, 0) is 43.5 Å². The zero-order chi connectivity index (χ0) is 19.5. The van der Waals surface area contributed by atoms with Gasteiger partial charge in [0.1, 0.15) is 6.04 Å². The number of benzene rings is 2. The van der Waals surface area contributed by atoms with Crippen molar-refractivity contribution in [3.63, 3.8) is 0 Å². The molecule has 1 atom stereocenters. The van der Waals surface area contributed by atoms with Gasteiger partial charge in [-0.2, -0.15) is 5.06 Å². The van der Waals surface area contributed by atoms with Crippen LogP contribution in [-0.2, 0) is 4.79 Å². The Labute approximate surface area is 158 Å². The molecule has 144 valence electrons. The van der Waals surface area contributed by atoms with Crippen LogP contribution in [0.25, 0.3) is 0 Å². The molecule has 0 aliphatic rings. The molecule has 2 aromatic carbocycles. The van der Waals surface area contributed by atoms with Gasteiger partial charge in [0, 0.05) is 6.92 Å². The summed E-state index contributed by atoms with van der Waals surface area (Å²) in [6.45, 7) is 2.31. The number of nitrogens with zero attached hydrogens (tertiary/aromatic N) is 2. The average molecular weight is 371 g/mol. The fourth-order valence-corrected chi connectivity index (χ4v) is 2.27. The minimum absolute atomic E-state index is 0.408. The normalized spacial score (nSPS) is 12.3. The number of unbranched alkanes of at least 4 members (excludes halogenated alkanes) is 1. The third-order valence-corrected chi connectivity index (χ3v) is 3.79. The van der Waals surface area contributed by atoms with Gasteiger partial charge in [-0.15, -0.1) is 0 Å². The molecule has 0 aromatic heterocycles. The van der Waals surface area contributed by atoms with E-state index in [9.17, 15) is 4.79 Å². The average Bonchev–Trinajstić information content (AvgIpc) is 2.69. The van der Waals surface area contributed by atoms with Crippen LogP contribution in [0.5, 0.6) is 11.5 Å². The van der Waals surface area contributed by atoms with Crippen LogP contribution in [0.1, 0.15) is 26.2 Å². The molecule has 7 heteroatoms. The predicted octanol–water partition coefficient (Wildman–Crippen LogP) is 3.28. The van der Waals surface area contributed by atoms with Gasteiger partial charge in [0.05, 0.1) is 6.54 Å². The first kappa shape index (κ1) is 20.3. The van der Waals surface area contributed by atoms with Crippen molar-refractivity contribution in [2.24, 2.45) is 10.9 Å². The highest BCUT2D eigenvalue weighted by molar-refractivity contribution is 5.78. The topological polar surface area (TPSA) is 97.4 Å². The van der Waals surface area contributed by atoms with E-state index in [-0.39, 0.29) is 0 Å². The van der Waals surface area contributed by atoms with Crippen molar-refractivity contribution in [3.8, 4) is 11.5 Å². The monoisotopic (exact) mass is 371 g/mol. The van der Waals surface area contributed by atoms with E-state index in [1.54, 1.807) is 12.0 Å². The Morgan fingerprint density at radius 2 is 1.67 bits per heavy atom. The Bertz CT molecular complexity index is 723. The lowest BCUT2D eigenvalue weighted by atomic mass is 10.1. The summed E-state index contributed by atoms with van der Waals surface area (Å²) in [5.74, 6) is 0.865. The first-order valence-electron chi connectivity index (χ1n) is 8.82. The molecule has 0 aliphatic carbocycles. The lowest BCUT2D eigenvalue weighted by Gasteiger charge is -2.23. The maximum atomic E-state index is 10.8. The summed E-state index contributed by atoms with van der Waals surface area (Å²) in [7, 11) is 0. The smallest absolute Gasteiger partial charge is 0.320 e. The van der Waals surface area contributed by atoms with Crippen LogP contribution >= 0.6 is 0 Å². The van der Waals surface area contributed by atoms with Crippen molar-refractivity contribution >= 4 is 11.8 Å². The van der Waals surface area contributed by atoms with Crippen LogP contribution in [0.15, 0.2) is 65.8 Å². The number of carboxylic acids is 1. The molecular weight excluding hydrogens is 346 g/mol. The largest absolute Gasteiger partial charge is 0.480 e. The van der Waals surface area contributed by atoms with Crippen LogP contribution in [0.3, 0.4) is 0 Å². The van der Waals surface area contributed by atoms with Crippen molar-refractivity contribution in [2.75, 3.05) is 6.54 Å². The Morgan fingerprint density at radius 3 is 2.26 bits per heavy atom. The second-order valence-corrected chi connectivity index (χ2v) is 5.99. The lowest BCUT2D eigenvalue weighted by Crippen LogP contribution is -2.34. The fraction of sp³-hybridized carbons (Fsp3) is 0.300. The summed E-state index contributed by atoms with van der Waals surface area (Å²) in [6.07, 6.45) is 1.77. The summed E-state index contributed by atoms with van der Waals surface area (Å²) in [5.41, 5.74) is 5.54. The van der Waals surface area contributed by atoms with Crippen molar-refractivity contribution in [3.05, 3.63) is 60.7 Å². The number of oxime groups is 1. The molecule has 7 nitrogen and oxygen atoms in total. The Hall–Kier alpha value is -3.06. The molecule has 0 spiro atoms. The molecule has 2 aromatic rings. The van der Waals surface area contributed by atoms with Gasteiger partial charge in [-0.1, -0.05) is 41.6 Å². The van der Waals surface area contributed by atoms with E-state index in [4.69, 9.17) is 20.5 Å². The second-order valence-electron chi connectivity index (χ2n) is 5.99. The molecule has 0 heterocycles. The Morgan fingerprint density at radius 1 is 1.07 bits per heavy atom. The standard InChI is InChI=1S/C20H25N3O4/c1-16(22-26-17-10-4-2-5-11-17)23(27-18-12-6-3-7-13-18)15-9-8-14-19(21)20(24)25/h2-7,10-13,19H,8-9,14-15,21H2,1H3,(H,24,25)/b22-16-/t19-/m0/s1. The van der Waals surface area contributed by atoms with Crippen molar-refractivity contribution < 1.29 is 19.6 Å². The van der Waals surface area contributed by atoms with E-state index in [1.165, 1.54) is 0 Å². The number of hydroxylamine groups is 2. The van der Waals surface area contributed by atoms with Crippen LogP contribution in [0.2, 0.25) is 0 Å². The number of carbonyl (C=O) groups is 1. The minimum atomic E-state index is -0.985. The molecule has 0 radical (unpaired) electrons. The Balaban J connectivity index is 1.96. The van der Waals surface area contributed by atoms with E-state index < -0.39 is 12.0 Å². The number of aliphatic carboxylic acids is 1. The molecule has 0 bridgehead atoms. The first-order chi connectivity index (χ1) is 13.1. The number of rotatable bonds is 10. The maximum absolute atomic E-state index is 10.8. The van der Waals surface area contributed by atoms with Crippen molar-refractivity contribution in [2.45, 2.75) is 32.2 Å². The van der Waals surface area contributed by atoms with Gasteiger partial charge in [0.2, 0.25) is 0 Å². The highest BCUT2D eigenvalue weighted by Gasteiger charge is 2.13. The van der Waals surface area contributed by atoms with E-state index in [0.29, 0.717) is 43.1 Å². The second kappa shape index (κ2) is 10.8. The van der Waals surface area contributed by atoms with Gasteiger partial charge in [0.25, 0.3) is 0 Å². The van der Waals surface area contributed by atoms with Crippen LogP contribution in [0.4, 0.5) is 0 Å². The zero-order valence-electron chi connectivity index (χ0n) is 15.3. The minimum Gasteiger partial charge on any atom is -0.480 e. The fourth-order valence-electron chi connectivity index (χ4n) is 2.27. The highest BCUT2D eigenvalue weighted by Crippen LogP contribution is 2.14. The SMILES string of the molecule is C/C(=N/Oc1ccccc1)N(CCCC[C@H](N)C(=O)O)Oc1ccccc1. The first-order valence-corrected chi connectivity index (χ1v) is 8.82. The van der Waals surface area contributed by atoms with E-state index in [2.05, 4.69) is 5.16 Å². The molecular formula is C20H25N3O4. The third-order valence-electron chi connectivity index (χ3n) is 3.79. The number of carboxylic acid groups (broad SMARTS) is 1. The van der Waals surface area contributed by atoms with Crippen LogP contribution < -0.4 is 15.4 Å². The number of hydrogen-bond acceptors (Lipinski definition) is 5. The lowest BCUT2D eigenvalue weighted by molar-refractivity contribution is -0.138.